The van der Waals surface area contributed by atoms with Crippen LogP contribution >= 0.6 is 11.5 Å². The van der Waals surface area contributed by atoms with E-state index >= 15 is 0 Å². The van der Waals surface area contributed by atoms with E-state index in [0.29, 0.717) is 6.54 Å². The Morgan fingerprint density at radius 3 is 3.00 bits per heavy atom. The molecule has 0 saturated heterocycles. The molecule has 90 valence electrons. The van der Waals surface area contributed by atoms with Crippen LogP contribution in [0.1, 0.15) is 5.69 Å². The van der Waals surface area contributed by atoms with E-state index in [9.17, 15) is 0 Å². The normalized spacial score (nSPS) is 10.4. The molecule has 0 aliphatic rings. The van der Waals surface area contributed by atoms with E-state index in [1.807, 2.05) is 29.8 Å². The number of anilines is 1. The molecule has 18 heavy (non-hydrogen) atoms. The van der Waals surface area contributed by atoms with Gasteiger partial charge in [-0.1, -0.05) is 4.49 Å². The van der Waals surface area contributed by atoms with Crippen LogP contribution in [0.5, 0.6) is 0 Å². The molecule has 0 bridgehead atoms. The maximum Gasteiger partial charge on any atom is 0.153 e. The first-order valence-electron chi connectivity index (χ1n) is 5.38. The van der Waals surface area contributed by atoms with Crippen LogP contribution in [0.2, 0.25) is 0 Å². The zero-order valence-electron chi connectivity index (χ0n) is 9.39. The molecule has 0 radical (unpaired) electrons. The highest BCUT2D eigenvalue weighted by Crippen LogP contribution is 2.10. The van der Waals surface area contributed by atoms with E-state index in [1.54, 1.807) is 17.1 Å². The molecule has 0 spiro atoms. The van der Waals surface area contributed by atoms with Crippen molar-refractivity contribution in [3.63, 3.8) is 0 Å². The molecular formula is C11H10N6S. The fraction of sp³-hybridized carbons (Fsp3) is 0.0909. The third kappa shape index (κ3) is 2.35. The first-order valence-corrected chi connectivity index (χ1v) is 6.21. The summed E-state index contributed by atoms with van der Waals surface area (Å²) in [5.41, 5.74) is 1.87. The van der Waals surface area contributed by atoms with Gasteiger partial charge in [-0.05, 0) is 29.7 Å². The smallest absolute Gasteiger partial charge is 0.153 e. The van der Waals surface area contributed by atoms with Crippen LogP contribution in [0.4, 0.5) is 5.69 Å². The Morgan fingerprint density at radius 2 is 2.33 bits per heavy atom. The number of nitrogens with zero attached hydrogens (tertiary/aromatic N) is 5. The first kappa shape index (κ1) is 10.8. The van der Waals surface area contributed by atoms with Crippen LogP contribution in [-0.4, -0.2) is 24.4 Å². The fourth-order valence-corrected chi connectivity index (χ4v) is 1.94. The number of aromatic nitrogens is 5. The van der Waals surface area contributed by atoms with Crippen molar-refractivity contribution in [2.45, 2.75) is 6.54 Å². The molecule has 0 fully saturated rings. The van der Waals surface area contributed by atoms with Gasteiger partial charge in [0, 0.05) is 17.8 Å². The third-order valence-corrected chi connectivity index (χ3v) is 2.92. The summed E-state index contributed by atoms with van der Waals surface area (Å²) in [5.74, 6) is 0.792. The maximum absolute atomic E-state index is 4.33. The summed E-state index contributed by atoms with van der Waals surface area (Å²) < 4.78 is 5.52. The predicted molar refractivity (Wildman–Crippen MR) is 68.6 cm³/mol. The van der Waals surface area contributed by atoms with Crippen LogP contribution < -0.4 is 5.32 Å². The largest absolute Gasteiger partial charge is 0.378 e. The van der Waals surface area contributed by atoms with Crippen LogP contribution in [0.15, 0.2) is 42.2 Å². The number of hydrogen-bond acceptors (Lipinski definition) is 6. The van der Waals surface area contributed by atoms with E-state index in [2.05, 4.69) is 25.0 Å². The van der Waals surface area contributed by atoms with Crippen LogP contribution in [-0.2, 0) is 6.54 Å². The summed E-state index contributed by atoms with van der Waals surface area (Å²) >= 11 is 1.35. The van der Waals surface area contributed by atoms with Crippen LogP contribution in [0.25, 0.3) is 5.82 Å². The Hall–Kier alpha value is -2.28. The van der Waals surface area contributed by atoms with Crippen molar-refractivity contribution in [3.8, 4) is 5.82 Å². The fourth-order valence-electron chi connectivity index (χ4n) is 1.48. The lowest BCUT2D eigenvalue weighted by atomic mass is 10.4. The maximum atomic E-state index is 4.33. The predicted octanol–water partition coefficient (Wildman–Crippen LogP) is 1.73. The summed E-state index contributed by atoms with van der Waals surface area (Å²) in [6, 6.07) is 5.74. The topological polar surface area (TPSA) is 68.5 Å². The molecule has 0 unspecified atom stereocenters. The minimum absolute atomic E-state index is 0.652. The molecule has 0 aromatic carbocycles. The van der Waals surface area contributed by atoms with E-state index in [1.165, 1.54) is 11.5 Å². The van der Waals surface area contributed by atoms with Crippen LogP contribution in [0.3, 0.4) is 0 Å². The van der Waals surface area contributed by atoms with Crippen molar-refractivity contribution < 1.29 is 0 Å². The van der Waals surface area contributed by atoms with Crippen molar-refractivity contribution in [1.82, 2.24) is 24.4 Å². The first-order chi connectivity index (χ1) is 8.92. The summed E-state index contributed by atoms with van der Waals surface area (Å²) in [7, 11) is 0. The van der Waals surface area contributed by atoms with Gasteiger partial charge in [-0.15, -0.1) is 5.10 Å². The van der Waals surface area contributed by atoms with Gasteiger partial charge < -0.3 is 5.32 Å². The molecule has 3 aromatic rings. The van der Waals surface area contributed by atoms with E-state index in [4.69, 9.17) is 0 Å². The van der Waals surface area contributed by atoms with Crippen molar-refractivity contribution in [3.05, 3.63) is 47.9 Å². The Morgan fingerprint density at radius 1 is 1.33 bits per heavy atom. The number of rotatable bonds is 4. The second kappa shape index (κ2) is 4.92. The monoisotopic (exact) mass is 258 g/mol. The molecule has 0 aliphatic heterocycles. The van der Waals surface area contributed by atoms with Gasteiger partial charge in [0.15, 0.2) is 5.82 Å². The second-order valence-corrected chi connectivity index (χ2v) is 4.22. The molecule has 3 aromatic heterocycles. The second-order valence-electron chi connectivity index (χ2n) is 3.61. The molecule has 0 atom stereocenters. The quantitative estimate of drug-likeness (QED) is 0.772. The molecule has 3 rings (SSSR count). The SMILES string of the molecule is c1cnn(-c2ccc(NCc3csnn3)cn2)c1. The third-order valence-electron chi connectivity index (χ3n) is 2.37. The molecule has 7 heteroatoms. The zero-order valence-corrected chi connectivity index (χ0v) is 10.2. The average Bonchev–Trinajstić information content (AvgIpc) is 3.10. The number of pyridine rings is 1. The van der Waals surface area contributed by atoms with Gasteiger partial charge >= 0.3 is 0 Å². The van der Waals surface area contributed by atoms with Gasteiger partial charge in [-0.2, -0.15) is 5.10 Å². The molecule has 0 amide bonds. The van der Waals surface area contributed by atoms with E-state index in [-0.39, 0.29) is 0 Å². The van der Waals surface area contributed by atoms with Gasteiger partial charge in [-0.25, -0.2) is 9.67 Å². The Balaban J connectivity index is 1.68. The van der Waals surface area contributed by atoms with Gasteiger partial charge in [0.25, 0.3) is 0 Å². The van der Waals surface area contributed by atoms with Crippen LogP contribution in [0, 0.1) is 0 Å². The number of nitrogens with one attached hydrogen (secondary N) is 1. The number of hydrogen-bond donors (Lipinski definition) is 1. The van der Waals surface area contributed by atoms with Gasteiger partial charge in [-0.3, -0.25) is 0 Å². The standard InChI is InChI=1S/C11H10N6S/c1-4-14-17(5-1)11-3-2-9(6-13-11)12-7-10-8-18-16-15-10/h1-6,8,12H,7H2. The van der Waals surface area contributed by atoms with Crippen molar-refractivity contribution in [1.29, 1.82) is 0 Å². The summed E-state index contributed by atoms with van der Waals surface area (Å²) in [5, 5.41) is 13.2. The molecule has 0 saturated carbocycles. The van der Waals surface area contributed by atoms with Crippen molar-refractivity contribution in [2.75, 3.05) is 5.32 Å². The van der Waals surface area contributed by atoms with E-state index in [0.717, 1.165) is 17.2 Å². The summed E-state index contributed by atoms with van der Waals surface area (Å²) in [4.78, 5) is 4.33. The van der Waals surface area contributed by atoms with Gasteiger partial charge in [0.2, 0.25) is 0 Å². The van der Waals surface area contributed by atoms with E-state index < -0.39 is 0 Å². The highest BCUT2D eigenvalue weighted by Gasteiger charge is 1.99. The summed E-state index contributed by atoms with van der Waals surface area (Å²) in [6.07, 6.45) is 5.36. The van der Waals surface area contributed by atoms with Gasteiger partial charge in [0.05, 0.1) is 24.1 Å². The average molecular weight is 258 g/mol. The molecular weight excluding hydrogens is 248 g/mol. The molecule has 1 N–H and O–H groups in total. The molecule has 3 heterocycles. The Labute approximate surface area is 107 Å². The van der Waals surface area contributed by atoms with Gasteiger partial charge in [0.1, 0.15) is 0 Å². The lowest BCUT2D eigenvalue weighted by molar-refractivity contribution is 0.846. The zero-order chi connectivity index (χ0) is 12.2. The Bertz CT molecular complexity index is 587. The van der Waals surface area contributed by atoms with Crippen molar-refractivity contribution in [2.24, 2.45) is 0 Å². The highest BCUT2D eigenvalue weighted by atomic mass is 32.1. The summed E-state index contributed by atoms with van der Waals surface area (Å²) in [6.45, 7) is 0.652. The lowest BCUT2D eigenvalue weighted by Crippen LogP contribution is -2.02. The molecule has 0 aliphatic carbocycles. The minimum Gasteiger partial charge on any atom is -0.378 e. The Kier molecular flexibility index (Phi) is 2.97. The molecule has 6 nitrogen and oxygen atoms in total. The lowest BCUT2D eigenvalue weighted by Gasteiger charge is -2.05. The van der Waals surface area contributed by atoms with Crippen molar-refractivity contribution >= 4 is 17.2 Å². The highest BCUT2D eigenvalue weighted by molar-refractivity contribution is 7.03. The minimum atomic E-state index is 0.652.